The molecule has 0 spiro atoms. The molecule has 0 saturated heterocycles. The first kappa shape index (κ1) is 17.2. The largest absolute Gasteiger partial charge is 0.351 e. The average Bonchev–Trinajstić information content (AvgIpc) is 2.54. The Morgan fingerprint density at radius 1 is 1.04 bits per heavy atom. The number of carbonyl (C=O) groups is 1. The maximum Gasteiger partial charge on any atom is 0.251 e. The molecule has 2 aromatic rings. The van der Waals surface area contributed by atoms with Gasteiger partial charge in [0.25, 0.3) is 5.91 Å². The Balaban J connectivity index is 2.11. The summed E-state index contributed by atoms with van der Waals surface area (Å²) in [7, 11) is 3.99. The highest BCUT2D eigenvalue weighted by molar-refractivity contribution is 5.95. The van der Waals surface area contributed by atoms with Crippen molar-refractivity contribution in [3.05, 3.63) is 59.7 Å². The van der Waals surface area contributed by atoms with E-state index in [-0.39, 0.29) is 5.91 Å². The lowest BCUT2D eigenvalue weighted by Crippen LogP contribution is -2.31. The average molecular weight is 310 g/mol. The number of hydrogen-bond donors (Lipinski definition) is 1. The fraction of sp³-hybridized carbons (Fsp3) is 0.350. The van der Waals surface area contributed by atoms with Crippen molar-refractivity contribution < 1.29 is 4.79 Å². The molecule has 0 atom stereocenters. The van der Waals surface area contributed by atoms with Crippen LogP contribution in [0.4, 0.5) is 0 Å². The quantitative estimate of drug-likeness (QED) is 0.881. The molecular weight excluding hydrogens is 284 g/mol. The van der Waals surface area contributed by atoms with Crippen LogP contribution in [0.2, 0.25) is 0 Å². The second-order valence-electron chi connectivity index (χ2n) is 6.42. The van der Waals surface area contributed by atoms with Crippen molar-refractivity contribution in [1.82, 2.24) is 10.2 Å². The first-order valence-corrected chi connectivity index (χ1v) is 8.10. The van der Waals surface area contributed by atoms with Gasteiger partial charge in [-0.05, 0) is 48.8 Å². The summed E-state index contributed by atoms with van der Waals surface area (Å²) in [6.07, 6.45) is 0. The molecule has 122 valence electrons. The van der Waals surface area contributed by atoms with Gasteiger partial charge in [-0.2, -0.15) is 0 Å². The Bertz CT molecular complexity index is 645. The molecule has 1 N–H and O–H groups in total. The SMILES string of the molecule is CC(C)c1ccc(-c2cccc(C(=O)NCCN(C)C)c2)cc1. The monoisotopic (exact) mass is 310 g/mol. The van der Waals surface area contributed by atoms with Gasteiger partial charge in [0.15, 0.2) is 0 Å². The van der Waals surface area contributed by atoms with Crippen LogP contribution in [-0.4, -0.2) is 38.0 Å². The van der Waals surface area contributed by atoms with Gasteiger partial charge in [0, 0.05) is 18.7 Å². The van der Waals surface area contributed by atoms with Crippen molar-refractivity contribution in [2.75, 3.05) is 27.2 Å². The van der Waals surface area contributed by atoms with Crippen molar-refractivity contribution >= 4 is 5.91 Å². The van der Waals surface area contributed by atoms with Gasteiger partial charge in [0.1, 0.15) is 0 Å². The maximum absolute atomic E-state index is 12.2. The van der Waals surface area contributed by atoms with Gasteiger partial charge < -0.3 is 10.2 Å². The molecule has 0 aliphatic carbocycles. The first-order valence-electron chi connectivity index (χ1n) is 8.10. The topological polar surface area (TPSA) is 32.3 Å². The Morgan fingerprint density at radius 3 is 2.35 bits per heavy atom. The second-order valence-corrected chi connectivity index (χ2v) is 6.42. The summed E-state index contributed by atoms with van der Waals surface area (Å²) in [6.45, 7) is 5.86. The maximum atomic E-state index is 12.2. The van der Waals surface area contributed by atoms with Gasteiger partial charge in [-0.25, -0.2) is 0 Å². The molecule has 3 heteroatoms. The normalized spacial score (nSPS) is 11.0. The standard InChI is InChI=1S/C20H26N2O/c1-15(2)16-8-10-17(11-9-16)18-6-5-7-19(14-18)20(23)21-12-13-22(3)4/h5-11,14-15H,12-13H2,1-4H3,(H,21,23). The molecule has 0 bridgehead atoms. The molecule has 0 saturated carbocycles. The van der Waals surface area contributed by atoms with Crippen LogP contribution in [0.25, 0.3) is 11.1 Å². The first-order chi connectivity index (χ1) is 11.0. The number of carbonyl (C=O) groups excluding carboxylic acids is 1. The highest BCUT2D eigenvalue weighted by Gasteiger charge is 2.07. The van der Waals surface area contributed by atoms with Crippen molar-refractivity contribution in [2.45, 2.75) is 19.8 Å². The number of hydrogen-bond acceptors (Lipinski definition) is 2. The summed E-state index contributed by atoms with van der Waals surface area (Å²) < 4.78 is 0. The van der Waals surface area contributed by atoms with Crippen LogP contribution in [0.5, 0.6) is 0 Å². The van der Waals surface area contributed by atoms with E-state index in [9.17, 15) is 4.79 Å². The van der Waals surface area contributed by atoms with E-state index in [4.69, 9.17) is 0 Å². The Hall–Kier alpha value is -2.13. The molecule has 0 heterocycles. The van der Waals surface area contributed by atoms with Crippen LogP contribution < -0.4 is 5.32 Å². The van der Waals surface area contributed by atoms with E-state index in [0.717, 1.165) is 17.7 Å². The van der Waals surface area contributed by atoms with Crippen LogP contribution in [0, 0.1) is 0 Å². The summed E-state index contributed by atoms with van der Waals surface area (Å²) in [4.78, 5) is 14.3. The van der Waals surface area contributed by atoms with Crippen LogP contribution in [0.1, 0.15) is 35.7 Å². The number of nitrogens with zero attached hydrogens (tertiary/aromatic N) is 1. The highest BCUT2D eigenvalue weighted by atomic mass is 16.1. The van der Waals surface area contributed by atoms with E-state index < -0.39 is 0 Å². The number of amides is 1. The van der Waals surface area contributed by atoms with Gasteiger partial charge >= 0.3 is 0 Å². The van der Waals surface area contributed by atoms with Gasteiger partial charge in [0.05, 0.1) is 0 Å². The molecule has 0 fully saturated rings. The summed E-state index contributed by atoms with van der Waals surface area (Å²) in [5, 5.41) is 2.95. The fourth-order valence-corrected chi connectivity index (χ4v) is 2.40. The van der Waals surface area contributed by atoms with E-state index in [1.165, 1.54) is 5.56 Å². The van der Waals surface area contributed by atoms with Gasteiger partial charge in [0.2, 0.25) is 0 Å². The van der Waals surface area contributed by atoms with Crippen molar-refractivity contribution in [3.8, 4) is 11.1 Å². The smallest absolute Gasteiger partial charge is 0.251 e. The second kappa shape index (κ2) is 7.93. The lowest BCUT2D eigenvalue weighted by atomic mass is 9.98. The number of nitrogens with one attached hydrogen (secondary N) is 1. The number of likely N-dealkylation sites (N-methyl/N-ethyl adjacent to an activating group) is 1. The van der Waals surface area contributed by atoms with Crippen LogP contribution >= 0.6 is 0 Å². The predicted octanol–water partition coefficient (Wildman–Crippen LogP) is 3.77. The van der Waals surface area contributed by atoms with Crippen LogP contribution in [0.3, 0.4) is 0 Å². The van der Waals surface area contributed by atoms with E-state index in [1.807, 2.05) is 43.3 Å². The Kier molecular flexibility index (Phi) is 5.94. The van der Waals surface area contributed by atoms with Gasteiger partial charge in [-0.15, -0.1) is 0 Å². The molecule has 23 heavy (non-hydrogen) atoms. The zero-order valence-corrected chi connectivity index (χ0v) is 14.5. The van der Waals surface area contributed by atoms with Crippen LogP contribution in [0.15, 0.2) is 48.5 Å². The van der Waals surface area contributed by atoms with Gasteiger partial charge in [-0.3, -0.25) is 4.79 Å². The molecule has 2 aromatic carbocycles. The van der Waals surface area contributed by atoms with E-state index in [1.54, 1.807) is 0 Å². The van der Waals surface area contributed by atoms with Crippen molar-refractivity contribution in [2.24, 2.45) is 0 Å². The number of benzene rings is 2. The minimum Gasteiger partial charge on any atom is -0.351 e. The molecule has 3 nitrogen and oxygen atoms in total. The van der Waals surface area contributed by atoms with Gasteiger partial charge in [-0.1, -0.05) is 50.2 Å². The summed E-state index contributed by atoms with van der Waals surface area (Å²) in [5.41, 5.74) is 4.23. The number of rotatable bonds is 6. The minimum atomic E-state index is -0.0208. The molecule has 0 aromatic heterocycles. The zero-order valence-electron chi connectivity index (χ0n) is 14.5. The third-order valence-electron chi connectivity index (χ3n) is 3.88. The summed E-state index contributed by atoms with van der Waals surface area (Å²) in [6, 6.07) is 16.4. The van der Waals surface area contributed by atoms with E-state index >= 15 is 0 Å². The molecular formula is C20H26N2O. The summed E-state index contributed by atoms with van der Waals surface area (Å²) in [5.74, 6) is 0.505. The molecule has 0 aliphatic heterocycles. The third-order valence-corrected chi connectivity index (χ3v) is 3.88. The predicted molar refractivity (Wildman–Crippen MR) is 96.9 cm³/mol. The highest BCUT2D eigenvalue weighted by Crippen LogP contribution is 2.23. The molecule has 0 aliphatic rings. The lowest BCUT2D eigenvalue weighted by Gasteiger charge is -2.11. The van der Waals surface area contributed by atoms with Crippen molar-refractivity contribution in [3.63, 3.8) is 0 Å². The van der Waals surface area contributed by atoms with E-state index in [2.05, 4.69) is 43.4 Å². The molecule has 2 rings (SSSR count). The Morgan fingerprint density at radius 2 is 1.74 bits per heavy atom. The summed E-state index contributed by atoms with van der Waals surface area (Å²) >= 11 is 0. The van der Waals surface area contributed by atoms with E-state index in [0.29, 0.717) is 18.0 Å². The van der Waals surface area contributed by atoms with Crippen molar-refractivity contribution in [1.29, 1.82) is 0 Å². The molecule has 0 unspecified atom stereocenters. The molecule has 0 radical (unpaired) electrons. The fourth-order valence-electron chi connectivity index (χ4n) is 2.40. The third kappa shape index (κ3) is 4.93. The minimum absolute atomic E-state index is 0.0208. The zero-order chi connectivity index (χ0) is 16.8. The molecule has 1 amide bonds. The lowest BCUT2D eigenvalue weighted by molar-refractivity contribution is 0.0951. The Labute approximate surface area is 139 Å². The van der Waals surface area contributed by atoms with Crippen LogP contribution in [-0.2, 0) is 0 Å².